The molecule has 0 radical (unpaired) electrons. The van der Waals surface area contributed by atoms with Crippen LogP contribution >= 0.6 is 0 Å². The van der Waals surface area contributed by atoms with Gasteiger partial charge in [0.25, 0.3) is 0 Å². The third-order valence-corrected chi connectivity index (χ3v) is 3.21. The molecule has 13 heavy (non-hydrogen) atoms. The van der Waals surface area contributed by atoms with Gasteiger partial charge in [-0.1, -0.05) is 6.92 Å². The second kappa shape index (κ2) is 2.56. The monoisotopic (exact) mass is 177 g/mol. The predicted molar refractivity (Wildman–Crippen MR) is 49.6 cm³/mol. The molecule has 1 fully saturated rings. The van der Waals surface area contributed by atoms with Gasteiger partial charge in [0.1, 0.15) is 11.6 Å². The molecule has 0 amide bonds. The summed E-state index contributed by atoms with van der Waals surface area (Å²) in [7, 11) is 0. The molecule has 0 spiro atoms. The number of fused-ring (bicyclic) bond motifs is 1. The highest BCUT2D eigenvalue weighted by atomic mass is 15.3. The van der Waals surface area contributed by atoms with Crippen molar-refractivity contribution < 1.29 is 0 Å². The van der Waals surface area contributed by atoms with Crippen molar-refractivity contribution in [2.45, 2.75) is 51.0 Å². The molecule has 1 aromatic heterocycles. The summed E-state index contributed by atoms with van der Waals surface area (Å²) in [6.07, 6.45) is 5.23. The van der Waals surface area contributed by atoms with E-state index in [2.05, 4.69) is 21.7 Å². The summed E-state index contributed by atoms with van der Waals surface area (Å²) < 4.78 is 2.37. The topological polar surface area (TPSA) is 30.7 Å². The first-order valence-electron chi connectivity index (χ1n) is 5.29. The first-order valence-corrected chi connectivity index (χ1v) is 5.29. The molecule has 2 heterocycles. The zero-order valence-corrected chi connectivity index (χ0v) is 8.03. The maximum atomic E-state index is 4.32. The Bertz CT molecular complexity index is 311. The molecule has 1 aliphatic heterocycles. The van der Waals surface area contributed by atoms with Crippen LogP contribution in [0.25, 0.3) is 0 Å². The molecule has 1 aromatic rings. The highest BCUT2D eigenvalue weighted by Gasteiger charge is 2.32. The normalized spacial score (nSPS) is 27.3. The van der Waals surface area contributed by atoms with Crippen molar-refractivity contribution >= 4 is 0 Å². The van der Waals surface area contributed by atoms with Crippen molar-refractivity contribution in [2.75, 3.05) is 0 Å². The van der Waals surface area contributed by atoms with E-state index in [-0.39, 0.29) is 0 Å². The number of aromatic nitrogens is 3. The lowest BCUT2D eigenvalue weighted by Gasteiger charge is -2.20. The Morgan fingerprint density at radius 2 is 1.92 bits per heavy atom. The van der Waals surface area contributed by atoms with Crippen LogP contribution in [0.3, 0.4) is 0 Å². The summed E-state index contributed by atoms with van der Waals surface area (Å²) in [4.78, 5) is 0. The summed E-state index contributed by atoms with van der Waals surface area (Å²) in [5.74, 6) is 3.86. The molecule has 1 saturated carbocycles. The molecule has 0 bridgehead atoms. The minimum absolute atomic E-state index is 0.619. The van der Waals surface area contributed by atoms with Crippen LogP contribution in [0.2, 0.25) is 0 Å². The van der Waals surface area contributed by atoms with E-state index in [0.717, 1.165) is 12.5 Å². The maximum absolute atomic E-state index is 4.32. The van der Waals surface area contributed by atoms with Gasteiger partial charge in [-0.15, -0.1) is 10.2 Å². The van der Waals surface area contributed by atoms with Gasteiger partial charge in [-0.25, -0.2) is 0 Å². The van der Waals surface area contributed by atoms with E-state index in [0.29, 0.717) is 5.92 Å². The van der Waals surface area contributed by atoms with Crippen LogP contribution in [0, 0.1) is 0 Å². The second-order valence-corrected chi connectivity index (χ2v) is 4.39. The van der Waals surface area contributed by atoms with Crippen molar-refractivity contribution in [3.63, 3.8) is 0 Å². The molecule has 3 nitrogen and oxygen atoms in total. The first kappa shape index (κ1) is 7.54. The Morgan fingerprint density at radius 3 is 2.69 bits per heavy atom. The van der Waals surface area contributed by atoms with Gasteiger partial charge >= 0.3 is 0 Å². The lowest BCUT2D eigenvalue weighted by molar-refractivity contribution is 0.454. The third kappa shape index (κ3) is 1.10. The van der Waals surface area contributed by atoms with E-state index in [4.69, 9.17) is 0 Å². The van der Waals surface area contributed by atoms with Crippen LogP contribution < -0.4 is 0 Å². The van der Waals surface area contributed by atoms with Crippen LogP contribution in [0.5, 0.6) is 0 Å². The Morgan fingerprint density at radius 1 is 1.15 bits per heavy atom. The number of hydrogen-bond acceptors (Lipinski definition) is 2. The van der Waals surface area contributed by atoms with Gasteiger partial charge in [0, 0.05) is 18.4 Å². The first-order chi connectivity index (χ1) is 6.36. The highest BCUT2D eigenvalue weighted by molar-refractivity contribution is 5.11. The van der Waals surface area contributed by atoms with Crippen LogP contribution in [0.15, 0.2) is 0 Å². The van der Waals surface area contributed by atoms with Crippen LogP contribution in [-0.2, 0) is 6.54 Å². The molecule has 2 aliphatic rings. The zero-order valence-electron chi connectivity index (χ0n) is 8.03. The van der Waals surface area contributed by atoms with Crippen LogP contribution in [-0.4, -0.2) is 14.8 Å². The summed E-state index contributed by atoms with van der Waals surface area (Å²) in [5, 5.41) is 8.64. The van der Waals surface area contributed by atoms with Crippen molar-refractivity contribution in [1.29, 1.82) is 0 Å². The fourth-order valence-corrected chi connectivity index (χ4v) is 2.25. The van der Waals surface area contributed by atoms with E-state index in [1.807, 2.05) is 0 Å². The standard InChI is InChI=1S/C10H15N3/c1-7-3-2-6-13-9(7)11-12-10(13)8-4-5-8/h7-8H,2-6H2,1H3. The smallest absolute Gasteiger partial charge is 0.136 e. The SMILES string of the molecule is CC1CCCn2c1nnc2C1CC1. The fraction of sp³-hybridized carbons (Fsp3) is 0.800. The highest BCUT2D eigenvalue weighted by Crippen LogP contribution is 2.40. The van der Waals surface area contributed by atoms with E-state index in [1.54, 1.807) is 0 Å². The molecular weight excluding hydrogens is 162 g/mol. The van der Waals surface area contributed by atoms with Gasteiger partial charge in [0.05, 0.1) is 0 Å². The molecule has 0 saturated heterocycles. The van der Waals surface area contributed by atoms with E-state index in [1.165, 1.54) is 37.3 Å². The molecule has 0 aromatic carbocycles. The molecule has 70 valence electrons. The van der Waals surface area contributed by atoms with Crippen molar-refractivity contribution in [3.05, 3.63) is 11.6 Å². The molecular formula is C10H15N3. The lowest BCUT2D eigenvalue weighted by Crippen LogP contribution is -2.15. The van der Waals surface area contributed by atoms with Crippen LogP contribution in [0.1, 0.15) is 56.1 Å². The van der Waals surface area contributed by atoms with Gasteiger partial charge < -0.3 is 4.57 Å². The molecule has 1 unspecified atom stereocenters. The van der Waals surface area contributed by atoms with Gasteiger partial charge in [-0.3, -0.25) is 0 Å². The minimum atomic E-state index is 0.619. The van der Waals surface area contributed by atoms with E-state index >= 15 is 0 Å². The minimum Gasteiger partial charge on any atom is -0.315 e. The molecule has 3 heteroatoms. The Balaban J connectivity index is 2.04. The molecule has 1 aliphatic carbocycles. The van der Waals surface area contributed by atoms with Crippen molar-refractivity contribution in [3.8, 4) is 0 Å². The Hall–Kier alpha value is -0.860. The largest absolute Gasteiger partial charge is 0.315 e. The average Bonchev–Trinajstić information content (AvgIpc) is 2.87. The summed E-state index contributed by atoms with van der Waals surface area (Å²) in [6, 6.07) is 0. The zero-order chi connectivity index (χ0) is 8.84. The predicted octanol–water partition coefficient (Wildman–Crippen LogP) is 2.05. The molecule has 0 N–H and O–H groups in total. The van der Waals surface area contributed by atoms with Crippen molar-refractivity contribution in [1.82, 2.24) is 14.8 Å². The van der Waals surface area contributed by atoms with Crippen molar-refractivity contribution in [2.24, 2.45) is 0 Å². The Kier molecular flexibility index (Phi) is 1.49. The number of hydrogen-bond donors (Lipinski definition) is 0. The van der Waals surface area contributed by atoms with E-state index < -0.39 is 0 Å². The third-order valence-electron chi connectivity index (χ3n) is 3.21. The van der Waals surface area contributed by atoms with Gasteiger partial charge in [0.15, 0.2) is 0 Å². The maximum Gasteiger partial charge on any atom is 0.136 e. The fourth-order valence-electron chi connectivity index (χ4n) is 2.25. The molecule has 3 rings (SSSR count). The quantitative estimate of drug-likeness (QED) is 0.657. The summed E-state index contributed by atoms with van der Waals surface area (Å²) >= 11 is 0. The molecule has 1 atom stereocenters. The Labute approximate surface area is 78.2 Å². The van der Waals surface area contributed by atoms with Gasteiger partial charge in [-0.2, -0.15) is 0 Å². The number of nitrogens with zero attached hydrogens (tertiary/aromatic N) is 3. The lowest BCUT2D eigenvalue weighted by atomic mass is 10.0. The van der Waals surface area contributed by atoms with E-state index in [9.17, 15) is 0 Å². The second-order valence-electron chi connectivity index (χ2n) is 4.39. The van der Waals surface area contributed by atoms with Gasteiger partial charge in [0.2, 0.25) is 0 Å². The van der Waals surface area contributed by atoms with Gasteiger partial charge in [-0.05, 0) is 25.7 Å². The number of rotatable bonds is 1. The average molecular weight is 177 g/mol. The summed E-state index contributed by atoms with van der Waals surface area (Å²) in [5.41, 5.74) is 0. The summed E-state index contributed by atoms with van der Waals surface area (Å²) in [6.45, 7) is 3.41. The van der Waals surface area contributed by atoms with Crippen LogP contribution in [0.4, 0.5) is 0 Å².